The highest BCUT2D eigenvalue weighted by Gasteiger charge is 2.25. The molecule has 0 bridgehead atoms. The Morgan fingerprint density at radius 2 is 1.67 bits per heavy atom. The molecule has 2 aromatic rings. The average molecular weight is 433 g/mol. The van der Waals surface area contributed by atoms with Crippen LogP contribution in [0.15, 0.2) is 60.7 Å². The molecule has 5 nitrogen and oxygen atoms in total. The highest BCUT2D eigenvalue weighted by molar-refractivity contribution is 14.1. The van der Waals surface area contributed by atoms with Gasteiger partial charge in [0.1, 0.15) is 6.61 Å². The number of anilines is 1. The number of hydrogen-bond donors (Lipinski definition) is 0. The summed E-state index contributed by atoms with van der Waals surface area (Å²) in [7, 11) is 0. The molecule has 6 heteroatoms. The summed E-state index contributed by atoms with van der Waals surface area (Å²) in [6.07, 6.45) is 2.40. The molecule has 1 aliphatic heterocycles. The molecule has 0 spiro atoms. The molecule has 0 unspecified atom stereocenters. The van der Waals surface area contributed by atoms with Crippen molar-refractivity contribution in [2.45, 2.75) is 6.61 Å². The second-order valence-electron chi connectivity index (χ2n) is 5.10. The third-order valence-corrected chi connectivity index (χ3v) is 4.15. The zero-order valence-corrected chi connectivity index (χ0v) is 14.6. The summed E-state index contributed by atoms with van der Waals surface area (Å²) in [6.45, 7) is 0.156. The number of halogens is 1. The quantitative estimate of drug-likeness (QED) is 0.423. The van der Waals surface area contributed by atoms with Crippen LogP contribution in [0, 0.1) is 3.57 Å². The maximum absolute atomic E-state index is 12.2. The van der Waals surface area contributed by atoms with Gasteiger partial charge < -0.3 is 4.74 Å². The predicted octanol–water partition coefficient (Wildman–Crippen LogP) is 3.08. The molecule has 24 heavy (non-hydrogen) atoms. The fraction of sp³-hybridized carbons (Fsp3) is 0.0556. The van der Waals surface area contributed by atoms with E-state index in [0.717, 1.165) is 14.0 Å². The van der Waals surface area contributed by atoms with Gasteiger partial charge in [-0.15, -0.1) is 0 Å². The van der Waals surface area contributed by atoms with Crippen molar-refractivity contribution < 1.29 is 19.1 Å². The number of ether oxygens (including phenoxy) is 1. The average Bonchev–Trinajstić information content (AvgIpc) is 2.93. The fourth-order valence-electron chi connectivity index (χ4n) is 2.24. The molecule has 0 atom stereocenters. The highest BCUT2D eigenvalue weighted by atomic mass is 127. The second kappa shape index (κ2) is 6.96. The molecule has 0 aromatic heterocycles. The van der Waals surface area contributed by atoms with Crippen LogP contribution in [0.5, 0.6) is 0 Å². The van der Waals surface area contributed by atoms with Crippen molar-refractivity contribution in [3.05, 3.63) is 75.4 Å². The third-order valence-electron chi connectivity index (χ3n) is 3.43. The Morgan fingerprint density at radius 3 is 2.33 bits per heavy atom. The third kappa shape index (κ3) is 3.53. The van der Waals surface area contributed by atoms with Gasteiger partial charge in [0.05, 0.1) is 11.3 Å². The summed E-state index contributed by atoms with van der Waals surface area (Å²) in [6, 6.07) is 13.9. The van der Waals surface area contributed by atoms with Gasteiger partial charge in [-0.25, -0.2) is 9.69 Å². The Kier molecular flexibility index (Phi) is 4.75. The summed E-state index contributed by atoms with van der Waals surface area (Å²) >= 11 is 2.20. The van der Waals surface area contributed by atoms with Crippen molar-refractivity contribution in [3.63, 3.8) is 0 Å². The van der Waals surface area contributed by atoms with Crippen LogP contribution in [-0.4, -0.2) is 17.8 Å². The van der Waals surface area contributed by atoms with Gasteiger partial charge in [0, 0.05) is 15.7 Å². The lowest BCUT2D eigenvalue weighted by atomic mass is 10.2. The van der Waals surface area contributed by atoms with E-state index in [1.54, 1.807) is 18.2 Å². The van der Waals surface area contributed by atoms with E-state index in [9.17, 15) is 14.4 Å². The number of nitrogens with zero attached hydrogens (tertiary/aromatic N) is 1. The summed E-state index contributed by atoms with van der Waals surface area (Å²) in [5.41, 5.74) is 1.51. The maximum atomic E-state index is 12.2. The first-order valence-corrected chi connectivity index (χ1v) is 8.20. The topological polar surface area (TPSA) is 63.7 Å². The van der Waals surface area contributed by atoms with Crippen LogP contribution in [0.2, 0.25) is 0 Å². The van der Waals surface area contributed by atoms with E-state index >= 15 is 0 Å². The van der Waals surface area contributed by atoms with Gasteiger partial charge in [-0.2, -0.15) is 0 Å². The van der Waals surface area contributed by atoms with Gasteiger partial charge in [-0.3, -0.25) is 9.59 Å². The lowest BCUT2D eigenvalue weighted by molar-refractivity contribution is -0.119. The molecule has 0 fully saturated rings. The van der Waals surface area contributed by atoms with E-state index in [-0.39, 0.29) is 12.2 Å². The number of amides is 2. The van der Waals surface area contributed by atoms with E-state index < -0.39 is 17.8 Å². The predicted molar refractivity (Wildman–Crippen MR) is 96.4 cm³/mol. The fourth-order valence-corrected chi connectivity index (χ4v) is 2.60. The molecule has 3 rings (SSSR count). The summed E-state index contributed by atoms with van der Waals surface area (Å²) in [4.78, 5) is 36.6. The molecule has 0 saturated carbocycles. The van der Waals surface area contributed by atoms with Crippen molar-refractivity contribution in [2.75, 3.05) is 4.90 Å². The number of rotatable bonds is 4. The maximum Gasteiger partial charge on any atom is 0.338 e. The molecule has 2 aromatic carbocycles. The zero-order valence-electron chi connectivity index (χ0n) is 12.4. The molecule has 120 valence electrons. The van der Waals surface area contributed by atoms with Crippen molar-refractivity contribution >= 4 is 46.1 Å². The highest BCUT2D eigenvalue weighted by Crippen LogP contribution is 2.21. The second-order valence-corrected chi connectivity index (χ2v) is 6.34. The molecular weight excluding hydrogens is 421 g/mol. The Bertz CT molecular complexity index is 824. The first-order valence-electron chi connectivity index (χ1n) is 7.12. The van der Waals surface area contributed by atoms with Gasteiger partial charge >= 0.3 is 5.97 Å². The van der Waals surface area contributed by atoms with E-state index in [1.165, 1.54) is 18.2 Å². The number of imide groups is 1. The lowest BCUT2D eigenvalue weighted by Crippen LogP contribution is -2.29. The summed E-state index contributed by atoms with van der Waals surface area (Å²) in [5, 5.41) is 0. The largest absolute Gasteiger partial charge is 0.457 e. The van der Waals surface area contributed by atoms with Crippen LogP contribution < -0.4 is 4.90 Å². The van der Waals surface area contributed by atoms with Gasteiger partial charge in [-0.05, 0) is 58.5 Å². The molecule has 0 aliphatic carbocycles. The van der Waals surface area contributed by atoms with Crippen molar-refractivity contribution in [1.29, 1.82) is 0 Å². The molecule has 2 amide bonds. The Hall–Kier alpha value is -2.48. The number of hydrogen-bond acceptors (Lipinski definition) is 4. The summed E-state index contributed by atoms with van der Waals surface area (Å²) < 4.78 is 6.38. The minimum Gasteiger partial charge on any atom is -0.457 e. The van der Waals surface area contributed by atoms with Crippen LogP contribution in [0.25, 0.3) is 0 Å². The van der Waals surface area contributed by atoms with Gasteiger partial charge in [-0.1, -0.05) is 18.2 Å². The first kappa shape index (κ1) is 16.4. The van der Waals surface area contributed by atoms with Gasteiger partial charge in [0.25, 0.3) is 11.8 Å². The van der Waals surface area contributed by atoms with Crippen molar-refractivity contribution in [1.82, 2.24) is 0 Å². The van der Waals surface area contributed by atoms with Crippen molar-refractivity contribution in [2.24, 2.45) is 0 Å². The lowest BCUT2D eigenvalue weighted by Gasteiger charge is -2.14. The summed E-state index contributed by atoms with van der Waals surface area (Å²) in [5.74, 6) is -1.36. The monoisotopic (exact) mass is 433 g/mol. The van der Waals surface area contributed by atoms with E-state index in [0.29, 0.717) is 5.69 Å². The van der Waals surface area contributed by atoms with Crippen LogP contribution >= 0.6 is 22.6 Å². The van der Waals surface area contributed by atoms with E-state index in [2.05, 4.69) is 22.6 Å². The molecule has 0 saturated heterocycles. The normalized spacial score (nSPS) is 13.5. The van der Waals surface area contributed by atoms with Crippen LogP contribution in [0.3, 0.4) is 0 Å². The molecule has 0 radical (unpaired) electrons. The Labute approximate surface area is 152 Å². The number of carbonyl (C=O) groups excluding carboxylic acids is 3. The number of esters is 1. The van der Waals surface area contributed by atoms with Crippen molar-refractivity contribution in [3.8, 4) is 0 Å². The molecule has 1 heterocycles. The van der Waals surface area contributed by atoms with Crippen LogP contribution in [0.4, 0.5) is 5.69 Å². The smallest absolute Gasteiger partial charge is 0.338 e. The van der Waals surface area contributed by atoms with Crippen LogP contribution in [0.1, 0.15) is 15.9 Å². The SMILES string of the molecule is O=C(OCc1ccc(I)cc1)c1cccc(N2C(=O)C=CC2=O)c1. The number of carbonyl (C=O) groups is 3. The minimum atomic E-state index is -0.512. The number of benzene rings is 2. The van der Waals surface area contributed by atoms with Gasteiger partial charge in [0.2, 0.25) is 0 Å². The van der Waals surface area contributed by atoms with Gasteiger partial charge in [0.15, 0.2) is 0 Å². The molecule has 1 aliphatic rings. The Balaban J connectivity index is 1.71. The molecule has 0 N–H and O–H groups in total. The standard InChI is InChI=1S/C18H12INO4/c19-14-6-4-12(5-7-14)11-24-18(23)13-2-1-3-15(10-13)20-16(21)8-9-17(20)22/h1-10H,11H2. The van der Waals surface area contributed by atoms with E-state index in [1.807, 2.05) is 24.3 Å². The molecular formula is C18H12INO4. The zero-order chi connectivity index (χ0) is 17.1. The Morgan fingerprint density at radius 1 is 1.00 bits per heavy atom. The first-order chi connectivity index (χ1) is 11.5. The minimum absolute atomic E-state index is 0.156. The van der Waals surface area contributed by atoms with Crippen LogP contribution in [-0.2, 0) is 20.9 Å². The van der Waals surface area contributed by atoms with E-state index in [4.69, 9.17) is 4.74 Å².